The van der Waals surface area contributed by atoms with E-state index in [1.165, 1.54) is 0 Å². The van der Waals surface area contributed by atoms with E-state index in [9.17, 15) is 9.59 Å². The van der Waals surface area contributed by atoms with Crippen LogP contribution in [0.5, 0.6) is 5.75 Å². The number of nitrogens with zero attached hydrogens (tertiary/aromatic N) is 1. The topological polar surface area (TPSA) is 104 Å². The molecule has 0 spiro atoms. The van der Waals surface area contributed by atoms with Gasteiger partial charge in [-0.05, 0) is 43.2 Å². The van der Waals surface area contributed by atoms with Gasteiger partial charge >= 0.3 is 5.97 Å². The molecule has 0 atom stereocenters. The van der Waals surface area contributed by atoms with E-state index in [1.807, 2.05) is 38.1 Å². The number of nitrogens with one attached hydrogen (secondary N) is 2. The van der Waals surface area contributed by atoms with E-state index in [4.69, 9.17) is 9.84 Å². The van der Waals surface area contributed by atoms with Gasteiger partial charge in [-0.2, -0.15) is 5.10 Å². The van der Waals surface area contributed by atoms with Crippen LogP contribution < -0.4 is 10.1 Å². The Balaban J connectivity index is 2.17. The van der Waals surface area contributed by atoms with Gasteiger partial charge in [-0.3, -0.25) is 14.7 Å². The summed E-state index contributed by atoms with van der Waals surface area (Å²) in [6, 6.07) is 8.98. The zero-order valence-corrected chi connectivity index (χ0v) is 14.6. The minimum Gasteiger partial charge on any atom is -0.497 e. The largest absolute Gasteiger partial charge is 0.497 e. The lowest BCUT2D eigenvalue weighted by molar-refractivity contribution is -0.138. The molecule has 0 saturated carbocycles. The first-order valence-electron chi connectivity index (χ1n) is 8.17. The fraction of sp³-hybridized carbons (Fsp3) is 0.389. The van der Waals surface area contributed by atoms with Crippen LogP contribution in [-0.4, -0.2) is 39.8 Å². The van der Waals surface area contributed by atoms with Crippen LogP contribution in [0.3, 0.4) is 0 Å². The molecule has 0 fully saturated rings. The highest BCUT2D eigenvalue weighted by atomic mass is 16.5. The van der Waals surface area contributed by atoms with Crippen LogP contribution >= 0.6 is 0 Å². The number of ether oxygens (including phenoxy) is 1. The van der Waals surface area contributed by atoms with Gasteiger partial charge in [0.05, 0.1) is 24.8 Å². The number of aromatic nitrogens is 2. The van der Waals surface area contributed by atoms with E-state index in [1.54, 1.807) is 13.2 Å². The van der Waals surface area contributed by atoms with Crippen LogP contribution in [0.25, 0.3) is 11.3 Å². The van der Waals surface area contributed by atoms with Gasteiger partial charge in [0.1, 0.15) is 11.4 Å². The number of methoxy groups -OCH3 is 1. The number of aliphatic carboxylic acids is 1. The highest BCUT2D eigenvalue weighted by molar-refractivity contribution is 5.94. The van der Waals surface area contributed by atoms with Gasteiger partial charge in [-0.1, -0.05) is 13.8 Å². The predicted octanol–water partition coefficient (Wildman–Crippen LogP) is 2.85. The standard InChI is InChI=1S/C18H23N3O4/c1-4-18(5-2,11-16(22)23)19-17(24)15-10-14(20-21-15)12-6-8-13(25-3)9-7-12/h6-10H,4-5,11H2,1-3H3,(H,19,24)(H,20,21)(H,22,23). The average molecular weight is 345 g/mol. The molecule has 0 aliphatic rings. The highest BCUT2D eigenvalue weighted by Gasteiger charge is 2.31. The van der Waals surface area contributed by atoms with Crippen molar-refractivity contribution in [1.29, 1.82) is 0 Å². The maximum Gasteiger partial charge on any atom is 0.305 e. The van der Waals surface area contributed by atoms with Crippen LogP contribution in [0.15, 0.2) is 30.3 Å². The van der Waals surface area contributed by atoms with Crippen molar-refractivity contribution in [2.24, 2.45) is 0 Å². The van der Waals surface area contributed by atoms with Crippen molar-refractivity contribution >= 4 is 11.9 Å². The van der Waals surface area contributed by atoms with Crippen molar-refractivity contribution in [3.63, 3.8) is 0 Å². The monoisotopic (exact) mass is 345 g/mol. The number of carboxylic acids is 1. The fourth-order valence-electron chi connectivity index (χ4n) is 2.67. The van der Waals surface area contributed by atoms with Gasteiger partial charge in [-0.25, -0.2) is 0 Å². The molecular weight excluding hydrogens is 322 g/mol. The smallest absolute Gasteiger partial charge is 0.305 e. The number of aromatic amines is 1. The van der Waals surface area contributed by atoms with Gasteiger partial charge in [0.15, 0.2) is 0 Å². The summed E-state index contributed by atoms with van der Waals surface area (Å²) in [5.41, 5.74) is 1.000. The van der Waals surface area contributed by atoms with Gasteiger partial charge in [0.25, 0.3) is 5.91 Å². The number of carboxylic acid groups (broad SMARTS) is 1. The first-order valence-corrected chi connectivity index (χ1v) is 8.17. The third-order valence-electron chi connectivity index (χ3n) is 4.43. The van der Waals surface area contributed by atoms with Crippen molar-refractivity contribution in [3.05, 3.63) is 36.0 Å². The van der Waals surface area contributed by atoms with Crippen molar-refractivity contribution in [3.8, 4) is 17.0 Å². The molecule has 0 bridgehead atoms. The van der Waals surface area contributed by atoms with Crippen molar-refractivity contribution < 1.29 is 19.4 Å². The maximum absolute atomic E-state index is 12.5. The molecule has 25 heavy (non-hydrogen) atoms. The second-order valence-corrected chi connectivity index (χ2v) is 5.91. The summed E-state index contributed by atoms with van der Waals surface area (Å²) >= 11 is 0. The van der Waals surface area contributed by atoms with Gasteiger partial charge in [0.2, 0.25) is 0 Å². The molecule has 1 aromatic carbocycles. The molecule has 1 amide bonds. The highest BCUT2D eigenvalue weighted by Crippen LogP contribution is 2.23. The number of hydrogen-bond donors (Lipinski definition) is 3. The van der Waals surface area contributed by atoms with E-state index in [0.717, 1.165) is 11.3 Å². The Kier molecular flexibility index (Phi) is 5.80. The average Bonchev–Trinajstić information content (AvgIpc) is 3.11. The normalized spacial score (nSPS) is 11.2. The first-order chi connectivity index (χ1) is 11.9. The minimum atomic E-state index is -0.937. The molecular formula is C18H23N3O4. The molecule has 7 heteroatoms. The molecule has 134 valence electrons. The Hall–Kier alpha value is -2.83. The summed E-state index contributed by atoms with van der Waals surface area (Å²) < 4.78 is 5.12. The molecule has 1 heterocycles. The van der Waals surface area contributed by atoms with E-state index < -0.39 is 11.5 Å². The summed E-state index contributed by atoms with van der Waals surface area (Å²) in [6.07, 6.45) is 0.938. The number of H-pyrrole nitrogens is 1. The number of amides is 1. The zero-order valence-electron chi connectivity index (χ0n) is 14.6. The Morgan fingerprint density at radius 3 is 2.40 bits per heavy atom. The van der Waals surface area contributed by atoms with E-state index in [2.05, 4.69) is 15.5 Å². The van der Waals surface area contributed by atoms with Crippen LogP contribution in [0.1, 0.15) is 43.6 Å². The zero-order chi connectivity index (χ0) is 18.4. The minimum absolute atomic E-state index is 0.120. The molecule has 0 unspecified atom stereocenters. The van der Waals surface area contributed by atoms with Gasteiger partial charge in [-0.15, -0.1) is 0 Å². The Bertz CT molecular complexity index is 733. The Morgan fingerprint density at radius 1 is 1.24 bits per heavy atom. The van der Waals surface area contributed by atoms with Crippen LogP contribution in [-0.2, 0) is 4.79 Å². The quantitative estimate of drug-likeness (QED) is 0.682. The van der Waals surface area contributed by atoms with E-state index in [-0.39, 0.29) is 12.3 Å². The first kappa shape index (κ1) is 18.5. The van der Waals surface area contributed by atoms with Crippen molar-refractivity contribution in [1.82, 2.24) is 15.5 Å². The molecule has 0 saturated heterocycles. The maximum atomic E-state index is 12.5. The number of rotatable bonds is 8. The lowest BCUT2D eigenvalue weighted by Gasteiger charge is -2.31. The number of carbonyl (C=O) groups excluding carboxylic acids is 1. The molecule has 3 N–H and O–H groups in total. The van der Waals surface area contributed by atoms with Crippen LogP contribution in [0.2, 0.25) is 0 Å². The summed E-state index contributed by atoms with van der Waals surface area (Å²) in [4.78, 5) is 23.6. The molecule has 0 aliphatic heterocycles. The lowest BCUT2D eigenvalue weighted by Crippen LogP contribution is -2.49. The summed E-state index contributed by atoms with van der Waals surface area (Å²) in [6.45, 7) is 3.73. The predicted molar refractivity (Wildman–Crippen MR) is 93.6 cm³/mol. The molecule has 0 radical (unpaired) electrons. The number of benzene rings is 1. The number of hydrogen-bond acceptors (Lipinski definition) is 4. The summed E-state index contributed by atoms with van der Waals surface area (Å²) in [5, 5.41) is 18.8. The Labute approximate surface area is 146 Å². The summed E-state index contributed by atoms with van der Waals surface area (Å²) in [5.74, 6) is -0.564. The van der Waals surface area contributed by atoms with E-state index in [0.29, 0.717) is 24.2 Å². The second kappa shape index (κ2) is 7.83. The third kappa shape index (κ3) is 4.37. The van der Waals surface area contributed by atoms with Crippen LogP contribution in [0, 0.1) is 0 Å². The Morgan fingerprint density at radius 2 is 1.88 bits per heavy atom. The van der Waals surface area contributed by atoms with Gasteiger partial charge < -0.3 is 15.2 Å². The third-order valence-corrected chi connectivity index (χ3v) is 4.43. The molecule has 1 aromatic heterocycles. The number of carbonyl (C=O) groups is 2. The molecule has 2 aromatic rings. The lowest BCUT2D eigenvalue weighted by atomic mass is 9.89. The second-order valence-electron chi connectivity index (χ2n) is 5.91. The molecule has 2 rings (SSSR count). The SMILES string of the molecule is CCC(CC)(CC(=O)O)NC(=O)c1cc(-c2ccc(OC)cc2)n[nH]1. The molecule has 0 aliphatic carbocycles. The fourth-order valence-corrected chi connectivity index (χ4v) is 2.67. The summed E-state index contributed by atoms with van der Waals surface area (Å²) in [7, 11) is 1.59. The van der Waals surface area contributed by atoms with Crippen molar-refractivity contribution in [2.75, 3.05) is 7.11 Å². The molecule has 7 nitrogen and oxygen atoms in total. The van der Waals surface area contributed by atoms with Gasteiger partial charge in [0, 0.05) is 5.56 Å². The van der Waals surface area contributed by atoms with E-state index >= 15 is 0 Å². The van der Waals surface area contributed by atoms with Crippen molar-refractivity contribution in [2.45, 2.75) is 38.6 Å². The van der Waals surface area contributed by atoms with Crippen LogP contribution in [0.4, 0.5) is 0 Å².